The maximum absolute atomic E-state index is 11.4. The Morgan fingerprint density at radius 2 is 2.42 bits per heavy atom. The number of carbonyl (C=O) groups is 1. The maximum Gasteiger partial charge on any atom is 0.272 e. The lowest BCUT2D eigenvalue weighted by atomic mass is 10.4. The van der Waals surface area contributed by atoms with E-state index in [0.717, 1.165) is 12.8 Å². The van der Waals surface area contributed by atoms with Crippen LogP contribution in [-0.4, -0.2) is 33.6 Å². The minimum Gasteiger partial charge on any atom is -0.281 e. The average Bonchev–Trinajstić information content (AvgIpc) is 2.79. The molecule has 6 heteroatoms. The predicted octanol–water partition coefficient (Wildman–Crippen LogP) is -0.428. The molecular formula is C6H9N5O. The predicted molar refractivity (Wildman–Crippen MR) is 40.3 cm³/mol. The fourth-order valence-corrected chi connectivity index (χ4v) is 1.00. The van der Waals surface area contributed by atoms with Gasteiger partial charge in [0.1, 0.15) is 0 Å². The van der Waals surface area contributed by atoms with Gasteiger partial charge in [-0.05, 0) is 18.1 Å². The van der Waals surface area contributed by atoms with Crippen molar-refractivity contribution in [1.29, 1.82) is 0 Å². The number of carbonyl (C=O) groups excluding carboxylic acids is 1. The normalized spacial score (nSPS) is 16.1. The minimum absolute atomic E-state index is 0.0800. The third-order valence-corrected chi connectivity index (χ3v) is 1.89. The van der Waals surface area contributed by atoms with Crippen molar-refractivity contribution in [2.75, 3.05) is 11.9 Å². The van der Waals surface area contributed by atoms with Crippen LogP contribution in [0, 0.1) is 5.92 Å². The standard InChI is InChI=1S/C6H9N5O/c1-11(5(12)4-2-3-4)6-7-9-10-8-6/h4H,2-3H2,1H3,(H,7,8,9,10). The van der Waals surface area contributed by atoms with Gasteiger partial charge in [-0.25, -0.2) is 0 Å². The lowest BCUT2D eigenvalue weighted by molar-refractivity contribution is -0.119. The van der Waals surface area contributed by atoms with Crippen molar-refractivity contribution in [3.8, 4) is 0 Å². The smallest absolute Gasteiger partial charge is 0.272 e. The molecule has 1 aromatic rings. The molecule has 0 radical (unpaired) electrons. The first-order chi connectivity index (χ1) is 5.79. The summed E-state index contributed by atoms with van der Waals surface area (Å²) < 4.78 is 0. The van der Waals surface area contributed by atoms with Gasteiger partial charge >= 0.3 is 0 Å². The van der Waals surface area contributed by atoms with Crippen LogP contribution in [0.2, 0.25) is 0 Å². The summed E-state index contributed by atoms with van der Waals surface area (Å²) in [6.07, 6.45) is 1.97. The van der Waals surface area contributed by atoms with Crippen LogP contribution in [0.1, 0.15) is 12.8 Å². The van der Waals surface area contributed by atoms with E-state index in [2.05, 4.69) is 20.6 Å². The van der Waals surface area contributed by atoms with Crippen LogP contribution in [0.25, 0.3) is 0 Å². The Hall–Kier alpha value is -1.46. The number of nitrogens with zero attached hydrogens (tertiary/aromatic N) is 4. The molecule has 0 bridgehead atoms. The number of rotatable bonds is 2. The van der Waals surface area contributed by atoms with Crippen molar-refractivity contribution in [1.82, 2.24) is 20.6 Å². The van der Waals surface area contributed by atoms with E-state index in [4.69, 9.17) is 0 Å². The van der Waals surface area contributed by atoms with E-state index in [9.17, 15) is 4.79 Å². The largest absolute Gasteiger partial charge is 0.281 e. The van der Waals surface area contributed by atoms with E-state index in [1.165, 1.54) is 4.90 Å². The molecule has 0 saturated heterocycles. The van der Waals surface area contributed by atoms with Crippen LogP contribution in [-0.2, 0) is 4.79 Å². The van der Waals surface area contributed by atoms with Crippen molar-refractivity contribution < 1.29 is 4.79 Å². The van der Waals surface area contributed by atoms with Gasteiger partial charge in [0.2, 0.25) is 5.91 Å². The molecule has 1 N–H and O–H groups in total. The summed E-state index contributed by atoms with van der Waals surface area (Å²) >= 11 is 0. The second kappa shape index (κ2) is 2.54. The van der Waals surface area contributed by atoms with Crippen LogP contribution in [0.3, 0.4) is 0 Å². The molecule has 1 amide bonds. The monoisotopic (exact) mass is 167 g/mol. The Morgan fingerprint density at radius 1 is 1.67 bits per heavy atom. The summed E-state index contributed by atoms with van der Waals surface area (Å²) in [5.41, 5.74) is 0. The number of hydrogen-bond donors (Lipinski definition) is 1. The van der Waals surface area contributed by atoms with Gasteiger partial charge in [-0.2, -0.15) is 5.21 Å². The second-order valence-electron chi connectivity index (χ2n) is 2.88. The minimum atomic E-state index is 0.0800. The highest BCUT2D eigenvalue weighted by Gasteiger charge is 2.33. The summed E-state index contributed by atoms with van der Waals surface area (Å²) in [4.78, 5) is 12.8. The molecule has 1 aromatic heterocycles. The number of aromatic amines is 1. The zero-order valence-corrected chi connectivity index (χ0v) is 6.69. The fraction of sp³-hybridized carbons (Fsp3) is 0.667. The first-order valence-corrected chi connectivity index (χ1v) is 3.80. The number of tetrazole rings is 1. The molecular weight excluding hydrogens is 158 g/mol. The first-order valence-electron chi connectivity index (χ1n) is 3.80. The van der Waals surface area contributed by atoms with Crippen molar-refractivity contribution in [2.24, 2.45) is 5.92 Å². The second-order valence-corrected chi connectivity index (χ2v) is 2.88. The van der Waals surface area contributed by atoms with Crippen LogP contribution in [0.5, 0.6) is 0 Å². The number of amides is 1. The molecule has 0 aromatic carbocycles. The molecule has 12 heavy (non-hydrogen) atoms. The molecule has 0 atom stereocenters. The molecule has 1 fully saturated rings. The number of hydrogen-bond acceptors (Lipinski definition) is 4. The van der Waals surface area contributed by atoms with Gasteiger partial charge in [-0.3, -0.25) is 9.69 Å². The van der Waals surface area contributed by atoms with Crippen molar-refractivity contribution in [3.63, 3.8) is 0 Å². The van der Waals surface area contributed by atoms with Crippen LogP contribution in [0.4, 0.5) is 5.95 Å². The maximum atomic E-state index is 11.4. The molecule has 0 aliphatic heterocycles. The van der Waals surface area contributed by atoms with E-state index in [1.807, 2.05) is 0 Å². The zero-order chi connectivity index (χ0) is 8.55. The molecule has 1 heterocycles. The van der Waals surface area contributed by atoms with Gasteiger partial charge in [0.15, 0.2) is 0 Å². The Kier molecular flexibility index (Phi) is 1.53. The van der Waals surface area contributed by atoms with Gasteiger partial charge in [-0.15, -0.1) is 5.10 Å². The summed E-state index contributed by atoms with van der Waals surface area (Å²) in [6.45, 7) is 0. The Labute approximate surface area is 68.9 Å². The summed E-state index contributed by atoms with van der Waals surface area (Å²) in [5.74, 6) is 0.608. The number of aromatic nitrogens is 4. The molecule has 2 rings (SSSR count). The van der Waals surface area contributed by atoms with Crippen molar-refractivity contribution in [2.45, 2.75) is 12.8 Å². The molecule has 6 nitrogen and oxygen atoms in total. The van der Waals surface area contributed by atoms with Gasteiger partial charge < -0.3 is 0 Å². The van der Waals surface area contributed by atoms with Crippen LogP contribution < -0.4 is 4.90 Å². The fourth-order valence-electron chi connectivity index (χ4n) is 1.00. The SMILES string of the molecule is CN(C(=O)C1CC1)c1nn[nH]n1. The summed E-state index contributed by atoms with van der Waals surface area (Å²) in [5, 5.41) is 13.1. The van der Waals surface area contributed by atoms with E-state index in [-0.39, 0.29) is 11.8 Å². The average molecular weight is 167 g/mol. The van der Waals surface area contributed by atoms with Crippen LogP contribution in [0.15, 0.2) is 0 Å². The van der Waals surface area contributed by atoms with E-state index >= 15 is 0 Å². The molecule has 0 unspecified atom stereocenters. The number of nitrogens with one attached hydrogen (secondary N) is 1. The lowest BCUT2D eigenvalue weighted by Crippen LogP contribution is -2.28. The van der Waals surface area contributed by atoms with E-state index < -0.39 is 0 Å². The number of H-pyrrole nitrogens is 1. The number of anilines is 1. The third kappa shape index (κ3) is 1.15. The van der Waals surface area contributed by atoms with E-state index in [0.29, 0.717) is 5.95 Å². The summed E-state index contributed by atoms with van der Waals surface area (Å²) in [7, 11) is 1.66. The highest BCUT2D eigenvalue weighted by atomic mass is 16.2. The Bertz CT molecular complexity index is 278. The molecule has 1 aliphatic carbocycles. The van der Waals surface area contributed by atoms with Crippen LogP contribution >= 0.6 is 0 Å². The lowest BCUT2D eigenvalue weighted by Gasteiger charge is -2.10. The quantitative estimate of drug-likeness (QED) is 0.648. The molecule has 64 valence electrons. The topological polar surface area (TPSA) is 74.8 Å². The molecule has 1 aliphatic rings. The van der Waals surface area contributed by atoms with Gasteiger partial charge in [0, 0.05) is 13.0 Å². The van der Waals surface area contributed by atoms with Crippen molar-refractivity contribution in [3.05, 3.63) is 0 Å². The molecule has 0 spiro atoms. The molecule has 1 saturated carbocycles. The zero-order valence-electron chi connectivity index (χ0n) is 6.69. The van der Waals surface area contributed by atoms with Crippen molar-refractivity contribution >= 4 is 11.9 Å². The summed E-state index contributed by atoms with van der Waals surface area (Å²) in [6, 6.07) is 0. The van der Waals surface area contributed by atoms with Gasteiger partial charge in [0.25, 0.3) is 5.95 Å². The van der Waals surface area contributed by atoms with Gasteiger partial charge in [-0.1, -0.05) is 5.10 Å². The third-order valence-electron chi connectivity index (χ3n) is 1.89. The Morgan fingerprint density at radius 3 is 2.92 bits per heavy atom. The highest BCUT2D eigenvalue weighted by Crippen LogP contribution is 2.31. The first kappa shape index (κ1) is 7.20. The van der Waals surface area contributed by atoms with Gasteiger partial charge in [0.05, 0.1) is 0 Å². The van der Waals surface area contributed by atoms with E-state index in [1.54, 1.807) is 7.05 Å². The highest BCUT2D eigenvalue weighted by molar-refractivity contribution is 5.94. The Balaban J connectivity index is 2.08.